The Morgan fingerprint density at radius 1 is 0.319 bits per heavy atom. The molecule has 0 N–H and O–H groups in total. The molecule has 4 aromatic rings. The quantitative estimate of drug-likeness (QED) is 0.146. The Balaban J connectivity index is 1.77. The molecule has 3 aliphatic rings. The van der Waals surface area contributed by atoms with Crippen LogP contribution in [-0.4, -0.2) is 15.0 Å². The summed E-state index contributed by atoms with van der Waals surface area (Å²) in [4.78, 5) is 7.08. The zero-order valence-electron chi connectivity index (χ0n) is 31.0. The second-order valence-corrected chi connectivity index (χ2v) is 13.3. The Morgan fingerprint density at radius 2 is 0.493 bits per heavy atom. The number of hydrogen-bond donors (Lipinski definition) is 0. The normalized spacial score (nSPS) is 15.5. The van der Waals surface area contributed by atoms with Crippen molar-refractivity contribution in [2.24, 2.45) is 0 Å². The fourth-order valence-electron chi connectivity index (χ4n) is 6.83. The molecule has 9 nitrogen and oxygen atoms in total. The lowest BCUT2D eigenvalue weighted by molar-refractivity contribution is -0.174. The molecule has 0 unspecified atom stereocenters. The minimum atomic E-state index is -6.21. The van der Waals surface area contributed by atoms with Gasteiger partial charge in [-0.3, -0.25) is 0 Å². The zero-order chi connectivity index (χ0) is 52.0. The minimum Gasteiger partial charge on any atom is -0.430 e. The molecule has 0 amide bonds. The summed E-state index contributed by atoms with van der Waals surface area (Å²) >= 11 is 0. The lowest BCUT2D eigenvalue weighted by Crippen LogP contribution is -2.64. The number of hydrogen-bond acceptors (Lipinski definition) is 9. The van der Waals surface area contributed by atoms with Gasteiger partial charge in [0.15, 0.2) is 17.1 Å². The van der Waals surface area contributed by atoms with Gasteiger partial charge in [-0.1, -0.05) is 0 Å². The molecule has 0 saturated heterocycles. The third-order valence-corrected chi connectivity index (χ3v) is 9.32. The highest BCUT2D eigenvalue weighted by Crippen LogP contribution is 2.46. The van der Waals surface area contributed by atoms with Crippen LogP contribution in [0.1, 0.15) is 52.0 Å². The molecule has 7 rings (SSSR count). The number of oxazole rings is 3. The lowest BCUT2D eigenvalue weighted by Gasteiger charge is -2.06. The predicted octanol–water partition coefficient (Wildman–Crippen LogP) is 8.20. The van der Waals surface area contributed by atoms with Crippen molar-refractivity contribution in [2.45, 2.75) is 37.1 Å². The zero-order valence-corrected chi connectivity index (χ0v) is 31.0. The van der Waals surface area contributed by atoms with Gasteiger partial charge in [0.05, 0.1) is 16.7 Å². The summed E-state index contributed by atoms with van der Waals surface area (Å²) in [6.07, 6.45) is -37.2. The maximum atomic E-state index is 16.8. The van der Waals surface area contributed by atoms with Gasteiger partial charge in [0.25, 0.3) is 0 Å². The van der Waals surface area contributed by atoms with Gasteiger partial charge in [-0.15, -0.1) is 0 Å². The number of fused-ring (bicyclic) bond motifs is 6. The summed E-state index contributed by atoms with van der Waals surface area (Å²) in [7, 11) is 0. The first-order chi connectivity index (χ1) is 31.4. The van der Waals surface area contributed by atoms with Crippen LogP contribution in [0.25, 0.3) is 51.7 Å². The van der Waals surface area contributed by atoms with Crippen molar-refractivity contribution in [3.8, 4) is 18.2 Å². The van der Waals surface area contributed by atoms with Gasteiger partial charge < -0.3 is 13.3 Å². The Bertz CT molecular complexity index is 3060. The molecule has 0 fully saturated rings. The van der Waals surface area contributed by atoms with E-state index >= 15 is 26.3 Å². The van der Waals surface area contributed by atoms with Crippen molar-refractivity contribution in [3.05, 3.63) is 100 Å². The summed E-state index contributed by atoms with van der Waals surface area (Å²) in [5.41, 5.74) is -23.1. The molecule has 0 saturated carbocycles. The van der Waals surface area contributed by atoms with Gasteiger partial charge in [-0.2, -0.15) is 94.8 Å². The number of allylic oxidation sites excluding steroid dienone is 6. The van der Waals surface area contributed by atoms with Gasteiger partial charge in [-0.05, 0) is 0 Å². The predicted molar refractivity (Wildman–Crippen MR) is 168 cm³/mol. The average molecular weight is 1020 g/mol. The minimum absolute atomic E-state index is 0.648. The third kappa shape index (κ3) is 7.35. The van der Waals surface area contributed by atoms with Crippen molar-refractivity contribution >= 4 is 51.7 Å². The van der Waals surface area contributed by atoms with E-state index in [1.807, 2.05) is 0 Å². The molecule has 3 aromatic heterocycles. The second-order valence-electron chi connectivity index (χ2n) is 13.3. The van der Waals surface area contributed by atoms with Crippen LogP contribution in [0, 0.1) is 34.0 Å². The van der Waals surface area contributed by atoms with Gasteiger partial charge >= 0.3 is 37.1 Å². The number of nitriles is 3. The largest absolute Gasteiger partial charge is 0.451 e. The summed E-state index contributed by atoms with van der Waals surface area (Å²) in [6, 6.07) is 1.94. The molecule has 0 aliphatic heterocycles. The first-order valence-corrected chi connectivity index (χ1v) is 16.8. The van der Waals surface area contributed by atoms with Gasteiger partial charge in [0.1, 0.15) is 69.9 Å². The standard InChI is InChI=1S/C36F24N6O3/c37-16-7(4(1-61)28-64-22(31(43,44)45)25(67-28)34(52,53)54)17(38)11-10(16)12-14(20(41)8(18(12)39)5(2-62)29-65-23(32(46,47)48)26(68-29)35(55,56)57)15-13(11)19(40)9(21(15)42)6(3-63)30-66-24(33(49,50)51)27(69-30)36(58,59)60. The molecule has 0 atom stereocenters. The summed E-state index contributed by atoms with van der Waals surface area (Å²) in [6.45, 7) is 0. The fourth-order valence-corrected chi connectivity index (χ4v) is 6.83. The summed E-state index contributed by atoms with van der Waals surface area (Å²) < 4.78 is 358. The van der Waals surface area contributed by atoms with E-state index in [-0.39, 0.29) is 0 Å². The SMILES string of the molecule is N#CC(=C1C(F)=c2c3c(c4c(c2=C1F)=C(F)C(=C(C#N)c1nc(C(F)(F)F)c(C(F)(F)F)o1)C=4F)=C(F)C(=C(C#N)c1nc(C(F)(F)F)c(C(F)(F)F)o1)C=3F)c1nc(C(F)(F)F)c(C(F)(F)F)o1. The number of rotatable bonds is 3. The van der Waals surface area contributed by atoms with Crippen LogP contribution < -0.4 is 31.3 Å². The van der Waals surface area contributed by atoms with E-state index in [2.05, 4.69) is 28.2 Å². The number of halogens is 24. The van der Waals surface area contributed by atoms with E-state index in [0.29, 0.717) is 18.2 Å². The Labute approximate surface area is 356 Å². The first kappa shape index (κ1) is 49.0. The van der Waals surface area contributed by atoms with Gasteiger partial charge in [-0.25, -0.2) is 41.3 Å². The topological polar surface area (TPSA) is 149 Å². The molecule has 69 heavy (non-hydrogen) atoms. The maximum absolute atomic E-state index is 16.8. The number of aromatic nitrogens is 3. The molecule has 0 bridgehead atoms. The van der Waals surface area contributed by atoms with Crippen LogP contribution in [0.15, 0.2) is 30.0 Å². The molecule has 33 heteroatoms. The first-order valence-electron chi connectivity index (χ1n) is 16.8. The molecule has 3 heterocycles. The highest BCUT2D eigenvalue weighted by atomic mass is 19.4. The van der Waals surface area contributed by atoms with E-state index in [0.717, 1.165) is 0 Å². The Kier molecular flexibility index (Phi) is 10.7. The van der Waals surface area contributed by atoms with E-state index < -0.39 is 189 Å². The van der Waals surface area contributed by atoms with Crippen molar-refractivity contribution in [1.29, 1.82) is 15.8 Å². The molecular weight excluding hydrogens is 1020 g/mol. The molecule has 0 spiro atoms. The van der Waals surface area contributed by atoms with Gasteiger partial charge in [0, 0.05) is 31.3 Å². The van der Waals surface area contributed by atoms with Crippen molar-refractivity contribution in [1.82, 2.24) is 15.0 Å². The molecule has 360 valence electrons. The molecule has 0 radical (unpaired) electrons. The molecular formula is C36F24N6O3. The van der Waals surface area contributed by atoms with Crippen molar-refractivity contribution in [2.75, 3.05) is 0 Å². The van der Waals surface area contributed by atoms with Gasteiger partial charge in [0.2, 0.25) is 35.0 Å². The van der Waals surface area contributed by atoms with Crippen LogP contribution in [0.4, 0.5) is 105 Å². The van der Waals surface area contributed by atoms with Crippen LogP contribution in [0.3, 0.4) is 0 Å². The van der Waals surface area contributed by atoms with Crippen LogP contribution in [0.5, 0.6) is 0 Å². The van der Waals surface area contributed by atoms with Crippen LogP contribution >= 0.6 is 0 Å². The number of nitrogens with zero attached hydrogens (tertiary/aromatic N) is 6. The van der Waals surface area contributed by atoms with E-state index in [4.69, 9.17) is 0 Å². The highest BCUT2D eigenvalue weighted by Gasteiger charge is 2.53. The molecule has 3 aliphatic carbocycles. The van der Waals surface area contributed by atoms with E-state index in [1.54, 1.807) is 0 Å². The summed E-state index contributed by atoms with van der Waals surface area (Å²) in [5, 5.41) is 16.2. The third-order valence-electron chi connectivity index (χ3n) is 9.32. The second kappa shape index (κ2) is 15.0. The van der Waals surface area contributed by atoms with Crippen molar-refractivity contribution < 1.29 is 119 Å². The maximum Gasteiger partial charge on any atom is 0.451 e. The smallest absolute Gasteiger partial charge is 0.430 e. The number of benzene rings is 1. The Morgan fingerprint density at radius 3 is 0.609 bits per heavy atom. The van der Waals surface area contributed by atoms with Crippen molar-refractivity contribution in [3.63, 3.8) is 0 Å². The van der Waals surface area contributed by atoms with Crippen LogP contribution in [-0.2, 0) is 37.1 Å². The summed E-state index contributed by atoms with van der Waals surface area (Å²) in [5.74, 6) is -33.0. The van der Waals surface area contributed by atoms with E-state index in [1.165, 1.54) is 0 Å². The fraction of sp³-hybridized carbons (Fsp3) is 0.167. The average Bonchev–Trinajstić information content (AvgIpc) is 4.06. The number of alkyl halides is 18. The Hall–Kier alpha value is -7.92. The monoisotopic (exact) mass is 1020 g/mol. The molecule has 1 aromatic carbocycles. The van der Waals surface area contributed by atoms with E-state index in [9.17, 15) is 94.8 Å². The highest BCUT2D eigenvalue weighted by molar-refractivity contribution is 6.03. The van der Waals surface area contributed by atoms with Crippen LogP contribution in [0.2, 0.25) is 0 Å². The lowest BCUT2D eigenvalue weighted by atomic mass is 10.1.